The highest BCUT2D eigenvalue weighted by atomic mass is 32.2. The average Bonchev–Trinajstić information content (AvgIpc) is 3.36. The van der Waals surface area contributed by atoms with Crippen LogP contribution in [0.15, 0.2) is 47.3 Å². The number of sulfonamides is 1. The molecule has 0 aromatic heterocycles. The Morgan fingerprint density at radius 1 is 0.962 bits per heavy atom. The van der Waals surface area contributed by atoms with Crippen molar-refractivity contribution in [3.8, 4) is 34.1 Å². The summed E-state index contributed by atoms with van der Waals surface area (Å²) < 4.78 is 49.8. The number of carbonyl (C=O) groups excluding carboxylic acids is 2. The molecule has 0 saturated carbocycles. The molecule has 0 spiro atoms. The van der Waals surface area contributed by atoms with Crippen LogP contribution in [0.25, 0.3) is 11.1 Å². The third-order valence-electron chi connectivity index (χ3n) is 9.24. The quantitative estimate of drug-likeness (QED) is 0.216. The number of ether oxygens (including phenoxy) is 4. The van der Waals surface area contributed by atoms with Crippen molar-refractivity contribution >= 4 is 50.7 Å². The van der Waals surface area contributed by atoms with Crippen molar-refractivity contribution in [1.82, 2.24) is 5.32 Å². The molecule has 0 bridgehead atoms. The first-order chi connectivity index (χ1) is 25.0. The molecular formula is C37H46N4O9S2. The van der Waals surface area contributed by atoms with Gasteiger partial charge in [0.2, 0.25) is 33.0 Å². The Labute approximate surface area is 308 Å². The molecule has 3 aromatic rings. The highest BCUT2D eigenvalue weighted by Gasteiger charge is 2.31. The molecular weight excluding hydrogens is 709 g/mol. The minimum Gasteiger partial charge on any atom is -0.495 e. The molecule has 5 rings (SSSR count). The van der Waals surface area contributed by atoms with E-state index in [1.54, 1.807) is 49.2 Å². The molecule has 3 N–H and O–H groups in total. The van der Waals surface area contributed by atoms with Crippen molar-refractivity contribution in [2.45, 2.75) is 51.1 Å². The van der Waals surface area contributed by atoms with Crippen LogP contribution in [0.4, 0.5) is 17.1 Å². The Morgan fingerprint density at radius 2 is 1.71 bits per heavy atom. The summed E-state index contributed by atoms with van der Waals surface area (Å²) in [4.78, 5) is 40.3. The maximum atomic E-state index is 14.0. The number of aryl methyl sites for hydroxylation is 1. The van der Waals surface area contributed by atoms with Crippen LogP contribution < -0.4 is 44.6 Å². The minimum absolute atomic E-state index is 0.0363. The first-order valence-corrected chi connectivity index (χ1v) is 20.0. The van der Waals surface area contributed by atoms with Crippen molar-refractivity contribution in [1.29, 1.82) is 0 Å². The topological polar surface area (TPSA) is 162 Å². The molecule has 2 aliphatic rings. The maximum absolute atomic E-state index is 14.0. The fourth-order valence-electron chi connectivity index (χ4n) is 6.77. The van der Waals surface area contributed by atoms with Crippen molar-refractivity contribution in [3.05, 3.63) is 63.8 Å². The molecule has 1 aliphatic heterocycles. The SMILES string of the molecule is COc1ccc(NC(=O)[C@H](CCSC)Nc2ccc3c(cc2=O)[C@@H](NC(C)=O)CCc2cc(OC)c(OC)c(OC)c2-3)cc1N1CCCCS1(=O)=O. The Bertz CT molecular complexity index is 1990. The number of fused-ring (bicyclic) bond motifs is 3. The van der Waals surface area contributed by atoms with E-state index in [0.717, 1.165) is 5.56 Å². The Hall–Kier alpha value is -4.63. The molecule has 52 heavy (non-hydrogen) atoms. The van der Waals surface area contributed by atoms with Crippen LogP contribution >= 0.6 is 11.8 Å². The van der Waals surface area contributed by atoms with Gasteiger partial charge in [0.05, 0.1) is 51.6 Å². The van der Waals surface area contributed by atoms with Gasteiger partial charge in [0.25, 0.3) is 0 Å². The molecule has 2 amide bonds. The van der Waals surface area contributed by atoms with Crippen molar-refractivity contribution in [2.75, 3.05) is 67.7 Å². The van der Waals surface area contributed by atoms with E-state index in [4.69, 9.17) is 18.9 Å². The summed E-state index contributed by atoms with van der Waals surface area (Å²) in [6.07, 6.45) is 4.67. The molecule has 2 atom stereocenters. The Balaban J connectivity index is 1.54. The lowest BCUT2D eigenvalue weighted by atomic mass is 9.95. The summed E-state index contributed by atoms with van der Waals surface area (Å²) >= 11 is 1.56. The second kappa shape index (κ2) is 16.8. The van der Waals surface area contributed by atoms with E-state index < -0.39 is 28.0 Å². The number of methoxy groups -OCH3 is 4. The van der Waals surface area contributed by atoms with Crippen molar-refractivity contribution in [2.24, 2.45) is 0 Å². The standard InChI is InChI=1S/C37H46N4O9S2/c1-22(42)38-27-12-9-23-19-33(48-3)35(49-4)36(50-5)34(23)25-11-13-28(31(43)21-26(25)27)40-29(15-17-51-6)37(44)39-24-10-14-32(47-2)30(20-24)41-16-7-8-18-52(41,45)46/h10-11,13-14,19-21,27,29H,7-9,12,15-18H2,1-6H3,(H,38,42)(H,39,44)(H,40,43)/t27-,29-/m0/s1. The number of carbonyl (C=O) groups is 2. The Morgan fingerprint density at radius 3 is 2.37 bits per heavy atom. The second-order valence-electron chi connectivity index (χ2n) is 12.5. The molecule has 15 heteroatoms. The summed E-state index contributed by atoms with van der Waals surface area (Å²) in [5, 5.41) is 9.12. The van der Waals surface area contributed by atoms with Gasteiger partial charge in [0, 0.05) is 24.7 Å². The first-order valence-electron chi connectivity index (χ1n) is 17.0. The molecule has 13 nitrogen and oxygen atoms in total. The fourth-order valence-corrected chi connectivity index (χ4v) is 8.88. The molecule has 280 valence electrons. The number of nitrogens with one attached hydrogen (secondary N) is 3. The number of hydrogen-bond acceptors (Lipinski definition) is 11. The van der Waals surface area contributed by atoms with Gasteiger partial charge in [-0.25, -0.2) is 8.42 Å². The molecule has 1 heterocycles. The zero-order valence-electron chi connectivity index (χ0n) is 30.3. The molecule has 1 aliphatic carbocycles. The number of nitrogens with zero attached hydrogens (tertiary/aromatic N) is 1. The number of anilines is 3. The number of amides is 2. The second-order valence-corrected chi connectivity index (χ2v) is 15.5. The predicted octanol–water partition coefficient (Wildman–Crippen LogP) is 4.97. The van der Waals surface area contributed by atoms with Gasteiger partial charge in [-0.3, -0.25) is 18.7 Å². The van der Waals surface area contributed by atoms with Crippen molar-refractivity contribution < 1.29 is 37.0 Å². The van der Waals surface area contributed by atoms with Crippen LogP contribution in [0.1, 0.15) is 49.8 Å². The lowest BCUT2D eigenvalue weighted by Crippen LogP contribution is -2.38. The van der Waals surface area contributed by atoms with Gasteiger partial charge in [-0.05, 0) is 97.2 Å². The highest BCUT2D eigenvalue weighted by Crippen LogP contribution is 2.50. The van der Waals surface area contributed by atoms with Crippen molar-refractivity contribution in [3.63, 3.8) is 0 Å². The van der Waals surface area contributed by atoms with Gasteiger partial charge in [0.15, 0.2) is 11.5 Å². The average molecular weight is 755 g/mol. The lowest BCUT2D eigenvalue weighted by molar-refractivity contribution is -0.120. The molecule has 1 fully saturated rings. The summed E-state index contributed by atoms with van der Waals surface area (Å²) in [5.41, 5.74) is 3.42. The third-order valence-corrected chi connectivity index (χ3v) is 11.7. The zero-order chi connectivity index (χ0) is 37.6. The van der Waals surface area contributed by atoms with Gasteiger partial charge >= 0.3 is 0 Å². The van der Waals surface area contributed by atoms with Crippen LogP contribution in [-0.2, 0) is 26.0 Å². The molecule has 3 aromatic carbocycles. The van der Waals surface area contributed by atoms with E-state index in [9.17, 15) is 22.8 Å². The van der Waals surface area contributed by atoms with Crippen LogP contribution in [0.5, 0.6) is 23.0 Å². The highest BCUT2D eigenvalue weighted by molar-refractivity contribution is 7.98. The largest absolute Gasteiger partial charge is 0.495 e. The first kappa shape index (κ1) is 38.6. The van der Waals surface area contributed by atoms with E-state index in [-0.39, 0.29) is 22.8 Å². The van der Waals surface area contributed by atoms with Gasteiger partial charge in [0.1, 0.15) is 11.8 Å². The smallest absolute Gasteiger partial charge is 0.246 e. The van der Waals surface area contributed by atoms with Gasteiger partial charge in [-0.2, -0.15) is 11.8 Å². The normalized spacial score (nSPS) is 16.7. The zero-order valence-corrected chi connectivity index (χ0v) is 31.9. The maximum Gasteiger partial charge on any atom is 0.246 e. The van der Waals surface area contributed by atoms with E-state index in [1.807, 2.05) is 12.3 Å². The van der Waals surface area contributed by atoms with E-state index >= 15 is 0 Å². The van der Waals surface area contributed by atoms with Crippen LogP contribution in [0, 0.1) is 0 Å². The fraction of sp³-hybridized carbons (Fsp3) is 0.432. The molecule has 0 radical (unpaired) electrons. The van der Waals surface area contributed by atoms with Gasteiger partial charge in [-0.15, -0.1) is 0 Å². The Kier molecular flexibility index (Phi) is 12.5. The van der Waals surface area contributed by atoms with E-state index in [1.165, 1.54) is 38.6 Å². The summed E-state index contributed by atoms with van der Waals surface area (Å²) in [6, 6.07) is 10.4. The summed E-state index contributed by atoms with van der Waals surface area (Å²) in [7, 11) is 2.54. The van der Waals surface area contributed by atoms with E-state index in [0.29, 0.717) is 95.5 Å². The number of hydrogen-bond donors (Lipinski definition) is 3. The minimum atomic E-state index is -3.54. The van der Waals surface area contributed by atoms with Crippen LogP contribution in [-0.4, -0.2) is 79.0 Å². The van der Waals surface area contributed by atoms with Gasteiger partial charge in [-0.1, -0.05) is 6.07 Å². The van der Waals surface area contributed by atoms with Gasteiger partial charge < -0.3 is 34.9 Å². The number of thioether (sulfide) groups is 1. The number of benzene rings is 2. The van der Waals surface area contributed by atoms with Crippen LogP contribution in [0.2, 0.25) is 0 Å². The molecule has 1 saturated heterocycles. The third kappa shape index (κ3) is 8.20. The summed E-state index contributed by atoms with van der Waals surface area (Å²) in [5.74, 6) is 1.71. The monoisotopic (exact) mass is 754 g/mol. The molecule has 0 unspecified atom stereocenters. The van der Waals surface area contributed by atoms with Crippen LogP contribution in [0.3, 0.4) is 0 Å². The van der Waals surface area contributed by atoms with E-state index in [2.05, 4.69) is 16.0 Å². The predicted molar refractivity (Wildman–Crippen MR) is 205 cm³/mol. The number of rotatable bonds is 13. The lowest BCUT2D eigenvalue weighted by Gasteiger charge is -2.29. The summed E-state index contributed by atoms with van der Waals surface area (Å²) in [6.45, 7) is 1.75.